The van der Waals surface area contributed by atoms with Gasteiger partial charge in [0.15, 0.2) is 5.96 Å². The van der Waals surface area contributed by atoms with E-state index in [0.29, 0.717) is 18.7 Å². The molecule has 28 heavy (non-hydrogen) atoms. The third-order valence-corrected chi connectivity index (χ3v) is 4.97. The fourth-order valence-electron chi connectivity index (χ4n) is 3.03. The van der Waals surface area contributed by atoms with Crippen LogP contribution in [0, 0.1) is 0 Å². The van der Waals surface area contributed by atoms with Crippen molar-refractivity contribution in [3.63, 3.8) is 0 Å². The van der Waals surface area contributed by atoms with Gasteiger partial charge in [0, 0.05) is 43.1 Å². The molecule has 0 radical (unpaired) electrons. The number of ether oxygens (including phenoxy) is 1. The molecule has 0 bridgehead atoms. The molecule has 0 aromatic heterocycles. The summed E-state index contributed by atoms with van der Waals surface area (Å²) in [6, 6.07) is 13.7. The number of rotatable bonds is 7. The molecule has 1 amide bonds. The maximum absolute atomic E-state index is 12.1. The van der Waals surface area contributed by atoms with E-state index < -0.39 is 0 Å². The van der Waals surface area contributed by atoms with Crippen LogP contribution in [0.4, 0.5) is 0 Å². The molecule has 0 saturated carbocycles. The first kappa shape index (κ1) is 20.2. The average molecular weight is 445 g/mol. The lowest BCUT2D eigenvalue weighted by molar-refractivity contribution is 0.0954. The van der Waals surface area contributed by atoms with E-state index in [-0.39, 0.29) is 5.91 Å². The van der Waals surface area contributed by atoms with Crippen molar-refractivity contribution < 1.29 is 9.53 Å². The Bertz CT molecular complexity index is 854. The van der Waals surface area contributed by atoms with Gasteiger partial charge in [-0.3, -0.25) is 9.79 Å². The van der Waals surface area contributed by atoms with Gasteiger partial charge in [-0.1, -0.05) is 34.1 Å². The maximum Gasteiger partial charge on any atom is 0.251 e. The summed E-state index contributed by atoms with van der Waals surface area (Å²) in [6.45, 7) is 2.67. The van der Waals surface area contributed by atoms with E-state index in [1.807, 2.05) is 12.1 Å². The molecule has 3 N–H and O–H groups in total. The third-order valence-electron chi connectivity index (χ3n) is 4.47. The van der Waals surface area contributed by atoms with Crippen molar-refractivity contribution in [3.05, 3.63) is 63.6 Å². The quantitative estimate of drug-likeness (QED) is 0.348. The van der Waals surface area contributed by atoms with E-state index in [4.69, 9.17) is 4.74 Å². The Hall–Kier alpha value is -2.54. The number of carbonyl (C=O) groups excluding carboxylic acids is 1. The predicted molar refractivity (Wildman–Crippen MR) is 115 cm³/mol. The number of amides is 1. The number of benzene rings is 2. The molecule has 1 aliphatic heterocycles. The Morgan fingerprint density at radius 3 is 2.75 bits per heavy atom. The number of carbonyl (C=O) groups is 1. The molecule has 0 fully saturated rings. The molecule has 148 valence electrons. The first-order valence-corrected chi connectivity index (χ1v) is 10.2. The molecular weight excluding hydrogens is 420 g/mol. The van der Waals surface area contributed by atoms with Gasteiger partial charge in [0.05, 0.1) is 6.61 Å². The Morgan fingerprint density at radius 1 is 1.11 bits per heavy atom. The van der Waals surface area contributed by atoms with Crippen molar-refractivity contribution in [1.29, 1.82) is 0 Å². The standard InChI is InChI=1S/C21H25BrN4O2/c1-23-21(25-9-7-15-5-6-19-16(13-15)8-12-28-19)26-11-10-24-20(27)17-3-2-4-18(22)14-17/h2-6,13-14H,7-12H2,1H3,(H,24,27)(H2,23,25,26). The summed E-state index contributed by atoms with van der Waals surface area (Å²) < 4.78 is 6.43. The van der Waals surface area contributed by atoms with Gasteiger partial charge < -0.3 is 20.7 Å². The highest BCUT2D eigenvalue weighted by Gasteiger charge is 2.11. The fourth-order valence-corrected chi connectivity index (χ4v) is 3.43. The number of guanidine groups is 1. The SMILES string of the molecule is CN=C(NCCNC(=O)c1cccc(Br)c1)NCCc1ccc2c(c1)CCO2. The minimum Gasteiger partial charge on any atom is -0.493 e. The molecule has 0 atom stereocenters. The Balaban J connectivity index is 1.35. The van der Waals surface area contributed by atoms with E-state index in [1.165, 1.54) is 11.1 Å². The number of nitrogens with one attached hydrogen (secondary N) is 3. The molecule has 0 spiro atoms. The van der Waals surface area contributed by atoms with Crippen LogP contribution in [-0.2, 0) is 12.8 Å². The van der Waals surface area contributed by atoms with Gasteiger partial charge in [0.1, 0.15) is 5.75 Å². The molecule has 0 saturated heterocycles. The van der Waals surface area contributed by atoms with E-state index in [2.05, 4.69) is 55.1 Å². The maximum atomic E-state index is 12.1. The molecule has 2 aromatic rings. The molecule has 3 rings (SSSR count). The number of halogens is 1. The van der Waals surface area contributed by atoms with Crippen molar-refractivity contribution in [3.8, 4) is 5.75 Å². The molecule has 1 heterocycles. The van der Waals surface area contributed by atoms with Gasteiger partial charge in [-0.05, 0) is 41.8 Å². The van der Waals surface area contributed by atoms with Crippen molar-refractivity contribution >= 4 is 27.8 Å². The van der Waals surface area contributed by atoms with E-state index >= 15 is 0 Å². The van der Waals surface area contributed by atoms with Crippen molar-refractivity contribution in [2.24, 2.45) is 4.99 Å². The first-order chi connectivity index (χ1) is 13.7. The summed E-state index contributed by atoms with van der Waals surface area (Å²) in [5, 5.41) is 9.41. The fraction of sp³-hybridized carbons (Fsp3) is 0.333. The molecule has 0 aliphatic carbocycles. The van der Waals surface area contributed by atoms with Crippen LogP contribution in [-0.4, -0.2) is 45.2 Å². The van der Waals surface area contributed by atoms with E-state index in [0.717, 1.165) is 42.2 Å². The number of hydrogen-bond acceptors (Lipinski definition) is 3. The molecule has 6 nitrogen and oxygen atoms in total. The Kier molecular flexibility index (Phi) is 7.31. The Labute approximate surface area is 173 Å². The summed E-state index contributed by atoms with van der Waals surface area (Å²) >= 11 is 3.37. The van der Waals surface area contributed by atoms with Gasteiger partial charge in [-0.2, -0.15) is 0 Å². The second-order valence-electron chi connectivity index (χ2n) is 6.48. The number of hydrogen-bond donors (Lipinski definition) is 3. The van der Waals surface area contributed by atoms with Crippen LogP contribution in [0.5, 0.6) is 5.75 Å². The van der Waals surface area contributed by atoms with Crippen LogP contribution < -0.4 is 20.7 Å². The highest BCUT2D eigenvalue weighted by atomic mass is 79.9. The van der Waals surface area contributed by atoms with Crippen LogP contribution in [0.3, 0.4) is 0 Å². The number of aliphatic imine (C=N–C) groups is 1. The second kappa shape index (κ2) is 10.1. The summed E-state index contributed by atoms with van der Waals surface area (Å²) in [6.07, 6.45) is 1.90. The van der Waals surface area contributed by atoms with E-state index in [9.17, 15) is 4.79 Å². The topological polar surface area (TPSA) is 74.8 Å². The van der Waals surface area contributed by atoms with Crippen LogP contribution in [0.1, 0.15) is 21.5 Å². The molecule has 0 unspecified atom stereocenters. The van der Waals surface area contributed by atoms with Crippen molar-refractivity contribution in [1.82, 2.24) is 16.0 Å². The van der Waals surface area contributed by atoms with Gasteiger partial charge in [-0.15, -0.1) is 0 Å². The predicted octanol–water partition coefficient (Wildman–Crippen LogP) is 2.52. The molecular formula is C21H25BrN4O2. The zero-order valence-electron chi connectivity index (χ0n) is 15.9. The minimum absolute atomic E-state index is 0.0911. The minimum atomic E-state index is -0.0911. The van der Waals surface area contributed by atoms with Gasteiger partial charge in [-0.25, -0.2) is 0 Å². The number of nitrogens with zero attached hydrogens (tertiary/aromatic N) is 1. The highest BCUT2D eigenvalue weighted by Crippen LogP contribution is 2.25. The molecule has 7 heteroatoms. The summed E-state index contributed by atoms with van der Waals surface area (Å²) in [7, 11) is 1.74. The van der Waals surface area contributed by atoms with Gasteiger partial charge in [0.25, 0.3) is 5.91 Å². The number of fused-ring (bicyclic) bond motifs is 1. The van der Waals surface area contributed by atoms with Crippen LogP contribution in [0.15, 0.2) is 51.9 Å². The van der Waals surface area contributed by atoms with Crippen LogP contribution >= 0.6 is 15.9 Å². The lowest BCUT2D eigenvalue weighted by Gasteiger charge is -2.13. The largest absolute Gasteiger partial charge is 0.493 e. The Morgan fingerprint density at radius 2 is 1.93 bits per heavy atom. The normalized spacial score (nSPS) is 12.9. The summed E-state index contributed by atoms with van der Waals surface area (Å²) in [4.78, 5) is 16.3. The summed E-state index contributed by atoms with van der Waals surface area (Å²) in [5.74, 6) is 1.65. The van der Waals surface area contributed by atoms with Crippen molar-refractivity contribution in [2.75, 3.05) is 33.3 Å². The zero-order valence-corrected chi connectivity index (χ0v) is 17.5. The van der Waals surface area contributed by atoms with E-state index in [1.54, 1.807) is 19.2 Å². The highest BCUT2D eigenvalue weighted by molar-refractivity contribution is 9.10. The third kappa shape index (κ3) is 5.73. The lowest BCUT2D eigenvalue weighted by Crippen LogP contribution is -2.42. The second-order valence-corrected chi connectivity index (χ2v) is 7.40. The average Bonchev–Trinajstić information content (AvgIpc) is 3.17. The lowest BCUT2D eigenvalue weighted by atomic mass is 10.1. The van der Waals surface area contributed by atoms with Gasteiger partial charge in [0.2, 0.25) is 0 Å². The van der Waals surface area contributed by atoms with Crippen molar-refractivity contribution in [2.45, 2.75) is 12.8 Å². The van der Waals surface area contributed by atoms with Crippen LogP contribution in [0.25, 0.3) is 0 Å². The first-order valence-electron chi connectivity index (χ1n) is 9.38. The zero-order chi connectivity index (χ0) is 19.8. The monoisotopic (exact) mass is 444 g/mol. The summed E-state index contributed by atoms with van der Waals surface area (Å²) in [5.41, 5.74) is 3.21. The molecule has 2 aromatic carbocycles. The molecule has 1 aliphatic rings. The smallest absolute Gasteiger partial charge is 0.251 e. The van der Waals surface area contributed by atoms with Gasteiger partial charge >= 0.3 is 0 Å². The van der Waals surface area contributed by atoms with Crippen LogP contribution in [0.2, 0.25) is 0 Å².